The molecule has 0 unspecified atom stereocenters. The predicted octanol–water partition coefficient (Wildman–Crippen LogP) is 3.34. The highest BCUT2D eigenvalue weighted by Gasteiger charge is 2.19. The van der Waals surface area contributed by atoms with Gasteiger partial charge in [0.15, 0.2) is 0 Å². The van der Waals surface area contributed by atoms with Crippen LogP contribution in [0.3, 0.4) is 0 Å². The Bertz CT molecular complexity index is 768. The summed E-state index contributed by atoms with van der Waals surface area (Å²) in [6, 6.07) is 14.6. The summed E-state index contributed by atoms with van der Waals surface area (Å²) in [5.74, 6) is 0.233. The first kappa shape index (κ1) is 17.5. The van der Waals surface area contributed by atoms with E-state index in [4.69, 9.17) is 4.74 Å². The molecule has 1 heterocycles. The molecular formula is C19H19BrN2O3. The van der Waals surface area contributed by atoms with Crippen LogP contribution >= 0.6 is 15.9 Å². The molecule has 2 aromatic carbocycles. The van der Waals surface area contributed by atoms with Gasteiger partial charge in [-0.15, -0.1) is 0 Å². The standard InChI is InChI=1S/C19H19BrN2O3/c1-14(23)21-10-12-22(13-11-21)15-6-8-16(9-7-15)25-19(24)17-4-2-3-5-18(17)20/h2-9H,10-13H2,1H3. The molecule has 0 aliphatic carbocycles. The Hall–Kier alpha value is -2.34. The number of hydrogen-bond acceptors (Lipinski definition) is 4. The lowest BCUT2D eigenvalue weighted by Crippen LogP contribution is -2.48. The molecular weight excluding hydrogens is 384 g/mol. The number of halogens is 1. The van der Waals surface area contributed by atoms with Crippen LogP contribution in [0.15, 0.2) is 53.0 Å². The van der Waals surface area contributed by atoms with Crippen LogP contribution in [-0.2, 0) is 4.79 Å². The lowest BCUT2D eigenvalue weighted by atomic mass is 10.2. The van der Waals surface area contributed by atoms with Gasteiger partial charge in [0.05, 0.1) is 5.56 Å². The number of carbonyl (C=O) groups is 2. The van der Waals surface area contributed by atoms with Gasteiger partial charge in [-0.25, -0.2) is 4.79 Å². The second-order valence-corrected chi connectivity index (χ2v) is 6.71. The fourth-order valence-corrected chi connectivity index (χ4v) is 3.24. The third-order valence-electron chi connectivity index (χ3n) is 4.23. The highest BCUT2D eigenvalue weighted by molar-refractivity contribution is 9.10. The minimum absolute atomic E-state index is 0.119. The van der Waals surface area contributed by atoms with E-state index in [0.29, 0.717) is 15.8 Å². The van der Waals surface area contributed by atoms with Crippen molar-refractivity contribution in [3.8, 4) is 5.75 Å². The Labute approximate surface area is 155 Å². The number of ether oxygens (including phenoxy) is 1. The van der Waals surface area contributed by atoms with Crippen molar-refractivity contribution in [3.63, 3.8) is 0 Å². The van der Waals surface area contributed by atoms with Gasteiger partial charge in [0.2, 0.25) is 5.91 Å². The molecule has 3 rings (SSSR count). The second kappa shape index (κ2) is 7.70. The monoisotopic (exact) mass is 402 g/mol. The summed E-state index contributed by atoms with van der Waals surface area (Å²) < 4.78 is 6.14. The summed E-state index contributed by atoms with van der Waals surface area (Å²) in [5.41, 5.74) is 1.55. The van der Waals surface area contributed by atoms with E-state index in [-0.39, 0.29) is 5.91 Å². The van der Waals surface area contributed by atoms with Gasteiger partial charge < -0.3 is 14.5 Å². The Morgan fingerprint density at radius 2 is 1.60 bits per heavy atom. The first-order valence-electron chi connectivity index (χ1n) is 8.12. The van der Waals surface area contributed by atoms with Crippen molar-refractivity contribution in [2.75, 3.05) is 31.1 Å². The number of amides is 1. The number of hydrogen-bond donors (Lipinski definition) is 0. The van der Waals surface area contributed by atoms with E-state index >= 15 is 0 Å². The Balaban J connectivity index is 1.62. The summed E-state index contributed by atoms with van der Waals surface area (Å²) in [4.78, 5) is 27.7. The maximum atomic E-state index is 12.2. The quantitative estimate of drug-likeness (QED) is 0.583. The molecule has 1 amide bonds. The lowest BCUT2D eigenvalue weighted by Gasteiger charge is -2.35. The van der Waals surface area contributed by atoms with Gasteiger partial charge in [0.25, 0.3) is 0 Å². The van der Waals surface area contributed by atoms with E-state index in [0.717, 1.165) is 31.9 Å². The van der Waals surface area contributed by atoms with Crippen molar-refractivity contribution in [2.24, 2.45) is 0 Å². The van der Waals surface area contributed by atoms with E-state index in [2.05, 4.69) is 20.8 Å². The maximum Gasteiger partial charge on any atom is 0.344 e. The zero-order chi connectivity index (χ0) is 17.8. The van der Waals surface area contributed by atoms with Gasteiger partial charge in [-0.2, -0.15) is 0 Å². The minimum atomic E-state index is -0.393. The summed E-state index contributed by atoms with van der Waals surface area (Å²) in [6.07, 6.45) is 0. The molecule has 0 radical (unpaired) electrons. The largest absolute Gasteiger partial charge is 0.423 e. The molecule has 6 heteroatoms. The van der Waals surface area contributed by atoms with Crippen molar-refractivity contribution in [3.05, 3.63) is 58.6 Å². The van der Waals surface area contributed by atoms with Crippen molar-refractivity contribution in [1.82, 2.24) is 4.90 Å². The van der Waals surface area contributed by atoms with Crippen molar-refractivity contribution >= 4 is 33.5 Å². The molecule has 0 N–H and O–H groups in total. The number of carbonyl (C=O) groups excluding carboxylic acids is 2. The van der Waals surface area contributed by atoms with Gasteiger partial charge in [0, 0.05) is 43.3 Å². The molecule has 1 saturated heterocycles. The van der Waals surface area contributed by atoms with E-state index in [1.165, 1.54) is 0 Å². The molecule has 1 aliphatic rings. The predicted molar refractivity (Wildman–Crippen MR) is 100 cm³/mol. The number of anilines is 1. The highest BCUT2D eigenvalue weighted by atomic mass is 79.9. The van der Waals surface area contributed by atoms with E-state index in [1.54, 1.807) is 37.3 Å². The average Bonchev–Trinajstić information content (AvgIpc) is 2.63. The first-order valence-corrected chi connectivity index (χ1v) is 8.91. The average molecular weight is 403 g/mol. The van der Waals surface area contributed by atoms with E-state index < -0.39 is 5.97 Å². The molecule has 5 nitrogen and oxygen atoms in total. The van der Waals surface area contributed by atoms with E-state index in [9.17, 15) is 9.59 Å². The SMILES string of the molecule is CC(=O)N1CCN(c2ccc(OC(=O)c3ccccc3Br)cc2)CC1. The molecule has 130 valence electrons. The molecule has 0 spiro atoms. The number of rotatable bonds is 3. The zero-order valence-electron chi connectivity index (χ0n) is 13.9. The second-order valence-electron chi connectivity index (χ2n) is 5.86. The third kappa shape index (κ3) is 4.20. The molecule has 25 heavy (non-hydrogen) atoms. The Morgan fingerprint density at radius 3 is 2.20 bits per heavy atom. The van der Waals surface area contributed by atoms with Crippen LogP contribution in [0.1, 0.15) is 17.3 Å². The molecule has 0 aromatic heterocycles. The summed E-state index contributed by atoms with van der Waals surface area (Å²) in [5, 5.41) is 0. The molecule has 0 bridgehead atoms. The molecule has 2 aromatic rings. The minimum Gasteiger partial charge on any atom is -0.423 e. The summed E-state index contributed by atoms with van der Waals surface area (Å²) in [6.45, 7) is 4.66. The fraction of sp³-hybridized carbons (Fsp3) is 0.263. The number of nitrogens with zero attached hydrogens (tertiary/aromatic N) is 2. The smallest absolute Gasteiger partial charge is 0.344 e. The summed E-state index contributed by atoms with van der Waals surface area (Å²) in [7, 11) is 0. The molecule has 1 fully saturated rings. The van der Waals surface area contributed by atoms with Crippen LogP contribution < -0.4 is 9.64 Å². The molecule has 1 aliphatic heterocycles. The van der Waals surface area contributed by atoms with Crippen LogP contribution in [0.5, 0.6) is 5.75 Å². The lowest BCUT2D eigenvalue weighted by molar-refractivity contribution is -0.129. The summed E-state index contributed by atoms with van der Waals surface area (Å²) >= 11 is 3.35. The van der Waals surface area contributed by atoms with Gasteiger partial charge in [-0.1, -0.05) is 12.1 Å². The van der Waals surface area contributed by atoms with Gasteiger partial charge >= 0.3 is 5.97 Å². The Kier molecular flexibility index (Phi) is 5.38. The van der Waals surface area contributed by atoms with Crippen LogP contribution in [0, 0.1) is 0 Å². The molecule has 0 saturated carbocycles. The van der Waals surface area contributed by atoms with Crippen molar-refractivity contribution in [2.45, 2.75) is 6.92 Å². The van der Waals surface area contributed by atoms with Crippen molar-refractivity contribution in [1.29, 1.82) is 0 Å². The van der Waals surface area contributed by atoms with Gasteiger partial charge in [-0.3, -0.25) is 4.79 Å². The van der Waals surface area contributed by atoms with Gasteiger partial charge in [-0.05, 0) is 52.3 Å². The van der Waals surface area contributed by atoms with Crippen LogP contribution in [0.4, 0.5) is 5.69 Å². The van der Waals surface area contributed by atoms with Crippen LogP contribution in [0.25, 0.3) is 0 Å². The molecule has 0 atom stereocenters. The highest BCUT2D eigenvalue weighted by Crippen LogP contribution is 2.23. The zero-order valence-corrected chi connectivity index (χ0v) is 15.5. The normalized spacial score (nSPS) is 14.3. The van der Waals surface area contributed by atoms with Crippen LogP contribution in [-0.4, -0.2) is 43.0 Å². The first-order chi connectivity index (χ1) is 12.0. The fourth-order valence-electron chi connectivity index (χ4n) is 2.79. The third-order valence-corrected chi connectivity index (χ3v) is 4.92. The Morgan fingerprint density at radius 1 is 0.960 bits per heavy atom. The number of esters is 1. The van der Waals surface area contributed by atoms with E-state index in [1.807, 2.05) is 23.1 Å². The van der Waals surface area contributed by atoms with Gasteiger partial charge in [0.1, 0.15) is 5.75 Å². The van der Waals surface area contributed by atoms with Crippen molar-refractivity contribution < 1.29 is 14.3 Å². The topological polar surface area (TPSA) is 49.9 Å². The maximum absolute atomic E-state index is 12.2. The number of benzene rings is 2. The van der Waals surface area contributed by atoms with Crippen LogP contribution in [0.2, 0.25) is 0 Å². The number of piperazine rings is 1.